The first-order valence-electron chi connectivity index (χ1n) is 16.4. The van der Waals surface area contributed by atoms with Crippen LogP contribution in [0.1, 0.15) is 37.5 Å². The molecule has 5 aromatic rings. The molecule has 50 heavy (non-hydrogen) atoms. The SMILES string of the molecule is CC1=CC(=C(C#N)C#N)C=C(/C=C/c2ccc(/N=N/c3ccc(N(c4ccccc4)c4ccc5c(c4)C(C)(C)c4ccccc4-5)cc3)cc2)O1. The van der Waals surface area contributed by atoms with Crippen molar-refractivity contribution in [2.24, 2.45) is 10.2 Å². The van der Waals surface area contributed by atoms with Crippen LogP contribution in [0, 0.1) is 22.7 Å². The minimum absolute atomic E-state index is 0.0475. The van der Waals surface area contributed by atoms with E-state index in [1.165, 1.54) is 22.3 Å². The molecule has 1 aliphatic carbocycles. The van der Waals surface area contributed by atoms with Gasteiger partial charge in [-0.05, 0) is 114 Å². The van der Waals surface area contributed by atoms with Gasteiger partial charge in [0.1, 0.15) is 29.2 Å². The van der Waals surface area contributed by atoms with E-state index in [4.69, 9.17) is 4.74 Å². The Morgan fingerprint density at radius 1 is 0.660 bits per heavy atom. The van der Waals surface area contributed by atoms with Crippen molar-refractivity contribution in [3.8, 4) is 23.3 Å². The second-order valence-corrected chi connectivity index (χ2v) is 12.7. The highest BCUT2D eigenvalue weighted by molar-refractivity contribution is 5.85. The Bertz CT molecular complexity index is 2310. The number of azo groups is 1. The molecule has 0 spiro atoms. The van der Waals surface area contributed by atoms with Crippen molar-refractivity contribution in [1.29, 1.82) is 10.5 Å². The Morgan fingerprint density at radius 3 is 1.96 bits per heavy atom. The second-order valence-electron chi connectivity index (χ2n) is 12.7. The molecule has 0 saturated carbocycles. The zero-order valence-corrected chi connectivity index (χ0v) is 28.0. The summed E-state index contributed by atoms with van der Waals surface area (Å²) in [5.74, 6) is 1.16. The largest absolute Gasteiger partial charge is 0.462 e. The molecule has 2 aliphatic rings. The molecule has 5 aromatic carbocycles. The third-order valence-electron chi connectivity index (χ3n) is 9.01. The van der Waals surface area contributed by atoms with E-state index >= 15 is 0 Å². The lowest BCUT2D eigenvalue weighted by atomic mass is 9.82. The van der Waals surface area contributed by atoms with Crippen LogP contribution in [0.15, 0.2) is 172 Å². The van der Waals surface area contributed by atoms with E-state index in [0.717, 1.165) is 34.0 Å². The average molecular weight is 648 g/mol. The molecule has 0 N–H and O–H groups in total. The first-order valence-corrected chi connectivity index (χ1v) is 16.4. The maximum atomic E-state index is 9.22. The first-order chi connectivity index (χ1) is 24.3. The number of para-hydroxylation sites is 1. The van der Waals surface area contributed by atoms with E-state index in [1.54, 1.807) is 19.1 Å². The standard InChI is InChI=1S/C44H33N5O/c1-30-25-32(33(28-45)29-46)26-39(50-30)23-15-31-13-16-34(17-14-31)47-48-35-18-20-37(21-19-35)49(36-9-5-4-6-10-36)38-22-24-41-40-11-7-8-12-42(40)44(2,3)43(41)27-38/h4-27H,1-3H3/b23-15+,48-47+. The number of nitriles is 2. The highest BCUT2D eigenvalue weighted by Gasteiger charge is 2.35. The molecule has 1 aliphatic heterocycles. The van der Waals surface area contributed by atoms with E-state index in [2.05, 4.69) is 108 Å². The van der Waals surface area contributed by atoms with Gasteiger partial charge in [0.2, 0.25) is 0 Å². The molecule has 240 valence electrons. The number of anilines is 3. The quantitative estimate of drug-likeness (QED) is 0.130. The van der Waals surface area contributed by atoms with Gasteiger partial charge in [-0.25, -0.2) is 0 Å². The van der Waals surface area contributed by atoms with Crippen molar-refractivity contribution in [1.82, 2.24) is 0 Å². The molecule has 0 atom stereocenters. The van der Waals surface area contributed by atoms with Crippen molar-refractivity contribution in [3.63, 3.8) is 0 Å². The van der Waals surface area contributed by atoms with Gasteiger partial charge < -0.3 is 9.64 Å². The fraction of sp³-hybridized carbons (Fsp3) is 0.0909. The fourth-order valence-electron chi connectivity index (χ4n) is 6.51. The summed E-state index contributed by atoms with van der Waals surface area (Å²) >= 11 is 0. The Morgan fingerprint density at radius 2 is 1.26 bits per heavy atom. The molecule has 1 heterocycles. The van der Waals surface area contributed by atoms with Gasteiger partial charge in [-0.3, -0.25) is 0 Å². The smallest absolute Gasteiger partial charge is 0.137 e. The predicted octanol–water partition coefficient (Wildman–Crippen LogP) is 12.1. The lowest BCUT2D eigenvalue weighted by molar-refractivity contribution is 0.318. The van der Waals surface area contributed by atoms with Gasteiger partial charge in [-0.2, -0.15) is 20.8 Å². The molecule has 0 aromatic heterocycles. The Balaban J connectivity index is 1.09. The van der Waals surface area contributed by atoms with Crippen molar-refractivity contribution in [2.75, 3.05) is 4.90 Å². The maximum Gasteiger partial charge on any atom is 0.137 e. The summed E-state index contributed by atoms with van der Waals surface area (Å²) in [5, 5.41) is 27.4. The molecule has 0 fully saturated rings. The maximum absolute atomic E-state index is 9.22. The minimum atomic E-state index is -0.0928. The topological polar surface area (TPSA) is 84.8 Å². The molecule has 0 amide bonds. The van der Waals surface area contributed by atoms with E-state index in [0.29, 0.717) is 17.1 Å². The third-order valence-corrected chi connectivity index (χ3v) is 9.01. The first kappa shape index (κ1) is 31.8. The molecular formula is C44H33N5O. The van der Waals surface area contributed by atoms with E-state index < -0.39 is 0 Å². The van der Waals surface area contributed by atoms with Crippen LogP contribution in [-0.4, -0.2) is 0 Å². The number of benzene rings is 5. The molecule has 0 saturated heterocycles. The van der Waals surface area contributed by atoms with E-state index in [-0.39, 0.29) is 11.0 Å². The molecule has 6 nitrogen and oxygen atoms in total. The summed E-state index contributed by atoms with van der Waals surface area (Å²) in [5.41, 5.74) is 11.4. The normalized spacial score (nSPS) is 14.2. The zero-order chi connectivity index (χ0) is 34.7. The summed E-state index contributed by atoms with van der Waals surface area (Å²) in [7, 11) is 0. The predicted molar refractivity (Wildman–Crippen MR) is 200 cm³/mol. The van der Waals surface area contributed by atoms with Gasteiger partial charge in [0.05, 0.1) is 11.4 Å². The number of hydrogen-bond donors (Lipinski definition) is 0. The van der Waals surface area contributed by atoms with Gasteiger partial charge in [0.15, 0.2) is 0 Å². The second kappa shape index (κ2) is 13.4. The van der Waals surface area contributed by atoms with Crippen LogP contribution in [0.4, 0.5) is 28.4 Å². The van der Waals surface area contributed by atoms with Crippen LogP contribution in [0.25, 0.3) is 17.2 Å². The number of rotatable bonds is 7. The Labute approximate surface area is 292 Å². The lowest BCUT2D eigenvalue weighted by Crippen LogP contribution is -2.16. The molecule has 0 bridgehead atoms. The fourth-order valence-corrected chi connectivity index (χ4v) is 6.51. The number of hydrogen-bond acceptors (Lipinski definition) is 6. The van der Waals surface area contributed by atoms with Crippen LogP contribution >= 0.6 is 0 Å². The van der Waals surface area contributed by atoms with Gasteiger partial charge in [0.25, 0.3) is 0 Å². The van der Waals surface area contributed by atoms with Gasteiger partial charge in [-0.1, -0.05) is 80.6 Å². The van der Waals surface area contributed by atoms with Crippen molar-refractivity contribution < 1.29 is 4.74 Å². The van der Waals surface area contributed by atoms with E-state index in [9.17, 15) is 10.5 Å². The lowest BCUT2D eigenvalue weighted by Gasteiger charge is -2.28. The van der Waals surface area contributed by atoms with Crippen molar-refractivity contribution >= 4 is 34.5 Å². The summed E-state index contributed by atoms with van der Waals surface area (Å²) in [4.78, 5) is 2.28. The zero-order valence-electron chi connectivity index (χ0n) is 28.0. The number of allylic oxidation sites excluding steroid dienone is 6. The molecule has 0 unspecified atom stereocenters. The number of fused-ring (bicyclic) bond motifs is 3. The highest BCUT2D eigenvalue weighted by atomic mass is 16.5. The Kier molecular flexibility index (Phi) is 8.52. The highest BCUT2D eigenvalue weighted by Crippen LogP contribution is 2.50. The summed E-state index contributed by atoms with van der Waals surface area (Å²) in [6.45, 7) is 6.40. The Hall–Kier alpha value is -6.76. The minimum Gasteiger partial charge on any atom is -0.462 e. The van der Waals surface area contributed by atoms with Crippen LogP contribution < -0.4 is 4.90 Å². The van der Waals surface area contributed by atoms with Crippen molar-refractivity contribution in [2.45, 2.75) is 26.2 Å². The van der Waals surface area contributed by atoms with Crippen molar-refractivity contribution in [3.05, 3.63) is 179 Å². The average Bonchev–Trinajstić information content (AvgIpc) is 3.37. The molecule has 7 rings (SSSR count). The van der Waals surface area contributed by atoms with Gasteiger partial charge in [0, 0.05) is 28.1 Å². The van der Waals surface area contributed by atoms with E-state index in [1.807, 2.05) is 66.8 Å². The number of nitrogens with zero attached hydrogens (tertiary/aromatic N) is 5. The number of ether oxygens (including phenoxy) is 1. The van der Waals surface area contributed by atoms with Gasteiger partial charge >= 0.3 is 0 Å². The van der Waals surface area contributed by atoms with Crippen LogP contribution in [0.3, 0.4) is 0 Å². The van der Waals surface area contributed by atoms with Gasteiger partial charge in [-0.15, -0.1) is 0 Å². The molecule has 0 radical (unpaired) electrons. The van der Waals surface area contributed by atoms with Crippen LogP contribution in [0.2, 0.25) is 0 Å². The third kappa shape index (κ3) is 6.27. The molecule has 6 heteroatoms. The summed E-state index contributed by atoms with van der Waals surface area (Å²) in [6, 6.07) is 45.6. The molecular weight excluding hydrogens is 615 g/mol. The van der Waals surface area contributed by atoms with Crippen LogP contribution in [0.5, 0.6) is 0 Å². The summed E-state index contributed by atoms with van der Waals surface area (Å²) in [6.07, 6.45) is 7.07. The van der Waals surface area contributed by atoms with Crippen LogP contribution in [-0.2, 0) is 10.2 Å². The monoisotopic (exact) mass is 647 g/mol. The summed E-state index contributed by atoms with van der Waals surface area (Å²) < 4.78 is 5.75.